The second-order valence-corrected chi connectivity index (χ2v) is 8.79. The van der Waals surface area contributed by atoms with Crippen LogP contribution in [0.3, 0.4) is 0 Å². The molecule has 0 bridgehead atoms. The van der Waals surface area contributed by atoms with Gasteiger partial charge in [-0.15, -0.1) is 0 Å². The number of amides is 1. The largest absolute Gasteiger partial charge is 0.491 e. The number of nitrogens with one attached hydrogen (secondary N) is 1. The Morgan fingerprint density at radius 1 is 1.06 bits per heavy atom. The molecule has 178 valence electrons. The summed E-state index contributed by atoms with van der Waals surface area (Å²) in [6, 6.07) is 10.5. The number of carbonyl (C=O) groups excluding carboxylic acids is 3. The van der Waals surface area contributed by atoms with Crippen LogP contribution in [-0.4, -0.2) is 36.7 Å². The summed E-state index contributed by atoms with van der Waals surface area (Å²) in [5, 5.41) is 2.80. The van der Waals surface area contributed by atoms with Crippen molar-refractivity contribution in [2.75, 3.05) is 12.4 Å². The summed E-state index contributed by atoms with van der Waals surface area (Å²) in [6.07, 6.45) is -0.112. The summed E-state index contributed by atoms with van der Waals surface area (Å²) in [6.45, 7) is 8.95. The zero-order valence-corrected chi connectivity index (χ0v) is 19.9. The van der Waals surface area contributed by atoms with E-state index in [0.717, 1.165) is 0 Å². The number of carbonyl (C=O) groups is 3. The maximum atomic E-state index is 13.2. The van der Waals surface area contributed by atoms with Crippen LogP contribution in [0.2, 0.25) is 0 Å². The van der Waals surface area contributed by atoms with Crippen molar-refractivity contribution in [3.05, 3.63) is 59.2 Å². The molecule has 8 nitrogen and oxygen atoms in total. The number of rotatable bonds is 8. The van der Waals surface area contributed by atoms with Gasteiger partial charge in [0.2, 0.25) is 0 Å². The minimum absolute atomic E-state index is 0.00159. The van der Waals surface area contributed by atoms with Gasteiger partial charge in [-0.05, 0) is 70.0 Å². The molecule has 1 unspecified atom stereocenters. The van der Waals surface area contributed by atoms with Gasteiger partial charge in [0.1, 0.15) is 17.4 Å². The van der Waals surface area contributed by atoms with Crippen LogP contribution in [0.1, 0.15) is 62.1 Å². The SMILES string of the molecule is COC(=O)Cc1ccccc1NC(=O)c1ccc(OC(C)C)cc1C(N)C(=O)OC(C)(C)C. The van der Waals surface area contributed by atoms with Gasteiger partial charge in [0.05, 0.1) is 19.6 Å². The second kappa shape index (κ2) is 11.0. The molecule has 33 heavy (non-hydrogen) atoms. The number of benzene rings is 2. The number of anilines is 1. The van der Waals surface area contributed by atoms with Crippen LogP contribution in [0.25, 0.3) is 0 Å². The molecule has 2 aromatic rings. The third kappa shape index (κ3) is 7.61. The monoisotopic (exact) mass is 456 g/mol. The zero-order chi connectivity index (χ0) is 24.8. The van der Waals surface area contributed by atoms with Gasteiger partial charge in [0.15, 0.2) is 0 Å². The summed E-state index contributed by atoms with van der Waals surface area (Å²) >= 11 is 0. The minimum Gasteiger partial charge on any atom is -0.491 e. The van der Waals surface area contributed by atoms with Crippen molar-refractivity contribution in [1.82, 2.24) is 0 Å². The van der Waals surface area contributed by atoms with E-state index >= 15 is 0 Å². The number of esters is 2. The Hall–Kier alpha value is -3.39. The van der Waals surface area contributed by atoms with Crippen LogP contribution in [0.15, 0.2) is 42.5 Å². The van der Waals surface area contributed by atoms with Gasteiger partial charge >= 0.3 is 11.9 Å². The highest BCUT2D eigenvalue weighted by molar-refractivity contribution is 6.06. The first-order valence-corrected chi connectivity index (χ1v) is 10.7. The first-order valence-electron chi connectivity index (χ1n) is 10.7. The van der Waals surface area contributed by atoms with Crippen molar-refractivity contribution in [2.45, 2.75) is 58.8 Å². The molecule has 3 N–H and O–H groups in total. The van der Waals surface area contributed by atoms with E-state index in [-0.39, 0.29) is 23.7 Å². The topological polar surface area (TPSA) is 117 Å². The summed E-state index contributed by atoms with van der Waals surface area (Å²) < 4.78 is 15.9. The fourth-order valence-corrected chi connectivity index (χ4v) is 3.06. The maximum Gasteiger partial charge on any atom is 0.328 e. The van der Waals surface area contributed by atoms with Crippen LogP contribution in [-0.2, 0) is 25.5 Å². The highest BCUT2D eigenvalue weighted by Crippen LogP contribution is 2.27. The molecule has 0 aliphatic rings. The molecule has 0 saturated heterocycles. The second-order valence-electron chi connectivity index (χ2n) is 8.79. The van der Waals surface area contributed by atoms with E-state index in [1.165, 1.54) is 7.11 Å². The standard InChI is InChI=1S/C25H32N2O6/c1-15(2)32-17-11-12-18(19(14-17)22(26)24(30)33-25(3,4)5)23(29)27-20-10-8-7-9-16(20)13-21(28)31-6/h7-12,14-15,22H,13,26H2,1-6H3,(H,27,29). The predicted molar refractivity (Wildman–Crippen MR) is 125 cm³/mol. The number of nitrogens with two attached hydrogens (primary N) is 1. The van der Waals surface area contributed by atoms with Crippen molar-refractivity contribution < 1.29 is 28.6 Å². The molecule has 0 aliphatic carbocycles. The number of ether oxygens (including phenoxy) is 3. The minimum atomic E-state index is -1.20. The smallest absolute Gasteiger partial charge is 0.328 e. The van der Waals surface area contributed by atoms with E-state index in [1.807, 2.05) is 13.8 Å². The van der Waals surface area contributed by atoms with Gasteiger partial charge in [-0.1, -0.05) is 18.2 Å². The highest BCUT2D eigenvalue weighted by Gasteiger charge is 2.28. The first-order chi connectivity index (χ1) is 15.4. The average molecular weight is 457 g/mol. The van der Waals surface area contributed by atoms with Gasteiger partial charge in [0, 0.05) is 11.3 Å². The fourth-order valence-electron chi connectivity index (χ4n) is 3.06. The van der Waals surface area contributed by atoms with E-state index in [0.29, 0.717) is 17.0 Å². The van der Waals surface area contributed by atoms with Crippen molar-refractivity contribution in [3.8, 4) is 5.75 Å². The van der Waals surface area contributed by atoms with E-state index in [9.17, 15) is 14.4 Å². The Labute approximate surface area is 194 Å². The Kier molecular flexibility index (Phi) is 8.59. The van der Waals surface area contributed by atoms with Crippen molar-refractivity contribution in [1.29, 1.82) is 0 Å². The molecule has 0 fully saturated rings. The van der Waals surface area contributed by atoms with Crippen molar-refractivity contribution >= 4 is 23.5 Å². The molecule has 0 radical (unpaired) electrons. The van der Waals surface area contributed by atoms with E-state index < -0.39 is 29.5 Å². The van der Waals surface area contributed by atoms with E-state index in [1.54, 1.807) is 63.2 Å². The molecular formula is C25H32N2O6. The lowest BCUT2D eigenvalue weighted by Gasteiger charge is -2.24. The molecule has 0 saturated carbocycles. The van der Waals surface area contributed by atoms with Gasteiger partial charge in [0.25, 0.3) is 5.91 Å². The summed E-state index contributed by atoms with van der Waals surface area (Å²) in [5.41, 5.74) is 6.98. The first kappa shape index (κ1) is 25.9. The molecular weight excluding hydrogens is 424 g/mol. The number of hydrogen-bond acceptors (Lipinski definition) is 7. The third-order valence-corrected chi connectivity index (χ3v) is 4.46. The Bertz CT molecular complexity index is 1010. The molecule has 0 aromatic heterocycles. The van der Waals surface area contributed by atoms with Crippen molar-refractivity contribution in [2.24, 2.45) is 5.73 Å². The van der Waals surface area contributed by atoms with Gasteiger partial charge in [-0.3, -0.25) is 9.59 Å². The maximum absolute atomic E-state index is 13.2. The Morgan fingerprint density at radius 2 is 1.73 bits per heavy atom. The third-order valence-electron chi connectivity index (χ3n) is 4.46. The Morgan fingerprint density at radius 3 is 2.33 bits per heavy atom. The number of methoxy groups -OCH3 is 1. The van der Waals surface area contributed by atoms with E-state index in [4.69, 9.17) is 19.9 Å². The van der Waals surface area contributed by atoms with Gasteiger partial charge < -0.3 is 25.3 Å². The molecule has 0 aliphatic heterocycles. The molecule has 2 rings (SSSR count). The average Bonchev–Trinajstić information content (AvgIpc) is 2.72. The quantitative estimate of drug-likeness (QED) is 0.581. The summed E-state index contributed by atoms with van der Waals surface area (Å²) in [5.74, 6) is -1.11. The highest BCUT2D eigenvalue weighted by atomic mass is 16.6. The normalized spacial score (nSPS) is 12.1. The lowest BCUT2D eigenvalue weighted by molar-refractivity contribution is -0.156. The number of para-hydroxylation sites is 1. The van der Waals surface area contributed by atoms with Gasteiger partial charge in [-0.2, -0.15) is 0 Å². The molecule has 1 amide bonds. The molecule has 2 aromatic carbocycles. The molecule has 0 spiro atoms. The predicted octanol–water partition coefficient (Wildman–Crippen LogP) is 3.78. The van der Waals surface area contributed by atoms with Crippen LogP contribution >= 0.6 is 0 Å². The van der Waals surface area contributed by atoms with Crippen LogP contribution in [0.5, 0.6) is 5.75 Å². The molecule has 8 heteroatoms. The zero-order valence-electron chi connectivity index (χ0n) is 19.9. The lowest BCUT2D eigenvalue weighted by atomic mass is 9.99. The van der Waals surface area contributed by atoms with Gasteiger partial charge in [-0.25, -0.2) is 4.79 Å². The Balaban J connectivity index is 2.41. The van der Waals surface area contributed by atoms with Crippen LogP contribution in [0, 0.1) is 0 Å². The van der Waals surface area contributed by atoms with Crippen molar-refractivity contribution in [3.63, 3.8) is 0 Å². The summed E-state index contributed by atoms with van der Waals surface area (Å²) in [4.78, 5) is 37.6. The van der Waals surface area contributed by atoms with Crippen LogP contribution in [0.4, 0.5) is 5.69 Å². The van der Waals surface area contributed by atoms with E-state index in [2.05, 4.69) is 5.32 Å². The number of hydrogen-bond donors (Lipinski definition) is 2. The molecule has 0 heterocycles. The van der Waals surface area contributed by atoms with Crippen LogP contribution < -0.4 is 15.8 Å². The fraction of sp³-hybridized carbons (Fsp3) is 0.400. The lowest BCUT2D eigenvalue weighted by Crippen LogP contribution is -2.33. The molecule has 1 atom stereocenters. The summed E-state index contributed by atoms with van der Waals surface area (Å²) in [7, 11) is 1.30.